The zero-order chi connectivity index (χ0) is 20.4. The first-order chi connectivity index (χ1) is 13.6. The fourth-order valence-corrected chi connectivity index (χ4v) is 2.98. The highest BCUT2D eigenvalue weighted by atomic mass is 16.5. The van der Waals surface area contributed by atoms with Crippen LogP contribution in [0, 0.1) is 0 Å². The number of carbonyl (C=O) groups is 2. The molecule has 2 amide bonds. The molecule has 0 heterocycles. The average Bonchev–Trinajstić information content (AvgIpc) is 2.72. The lowest BCUT2D eigenvalue weighted by Gasteiger charge is -2.22. The molecule has 1 unspecified atom stereocenters. The standard InChI is InChI=1S/C23H30N2O3/c1-4-15-25(16-5-2)23(27)18-11-10-12-19(17-18)24-22(26)21(6-3)28-20-13-8-7-9-14-20/h7-14,17,21H,4-6,15-16H2,1-3H3,(H,24,26). The molecule has 0 aliphatic heterocycles. The predicted octanol–water partition coefficient (Wildman–Crippen LogP) is 4.74. The van der Waals surface area contributed by atoms with Crippen LogP contribution in [0.5, 0.6) is 5.75 Å². The largest absolute Gasteiger partial charge is 0.481 e. The van der Waals surface area contributed by atoms with Crippen molar-refractivity contribution in [2.45, 2.75) is 46.1 Å². The van der Waals surface area contributed by atoms with Gasteiger partial charge in [-0.2, -0.15) is 0 Å². The van der Waals surface area contributed by atoms with E-state index in [9.17, 15) is 9.59 Å². The van der Waals surface area contributed by atoms with Crippen LogP contribution in [-0.2, 0) is 4.79 Å². The van der Waals surface area contributed by atoms with E-state index in [0.29, 0.717) is 23.4 Å². The Balaban J connectivity index is 2.08. The van der Waals surface area contributed by atoms with E-state index in [2.05, 4.69) is 19.2 Å². The number of hydrogen-bond donors (Lipinski definition) is 1. The Morgan fingerprint density at radius 3 is 2.25 bits per heavy atom. The first-order valence-corrected chi connectivity index (χ1v) is 10.0. The van der Waals surface area contributed by atoms with E-state index in [1.165, 1.54) is 0 Å². The third-order valence-corrected chi connectivity index (χ3v) is 4.34. The quantitative estimate of drug-likeness (QED) is 0.645. The molecule has 28 heavy (non-hydrogen) atoms. The molecule has 0 saturated carbocycles. The zero-order valence-corrected chi connectivity index (χ0v) is 17.0. The van der Waals surface area contributed by atoms with Gasteiger partial charge in [0.05, 0.1) is 0 Å². The van der Waals surface area contributed by atoms with Crippen molar-refractivity contribution in [1.82, 2.24) is 4.90 Å². The van der Waals surface area contributed by atoms with Crippen molar-refractivity contribution < 1.29 is 14.3 Å². The van der Waals surface area contributed by atoms with Gasteiger partial charge in [-0.3, -0.25) is 9.59 Å². The number of nitrogens with zero attached hydrogens (tertiary/aromatic N) is 1. The van der Waals surface area contributed by atoms with Crippen LogP contribution in [0.2, 0.25) is 0 Å². The van der Waals surface area contributed by atoms with E-state index in [-0.39, 0.29) is 11.8 Å². The summed E-state index contributed by atoms with van der Waals surface area (Å²) in [5.41, 5.74) is 1.18. The Morgan fingerprint density at radius 2 is 1.64 bits per heavy atom. The van der Waals surface area contributed by atoms with Crippen molar-refractivity contribution in [2.24, 2.45) is 0 Å². The second-order valence-corrected chi connectivity index (χ2v) is 6.69. The highest BCUT2D eigenvalue weighted by Gasteiger charge is 2.20. The number of benzene rings is 2. The van der Waals surface area contributed by atoms with E-state index in [1.807, 2.05) is 42.2 Å². The third-order valence-electron chi connectivity index (χ3n) is 4.34. The van der Waals surface area contributed by atoms with E-state index in [0.717, 1.165) is 25.9 Å². The van der Waals surface area contributed by atoms with Gasteiger partial charge in [0.2, 0.25) is 0 Å². The Bertz CT molecular complexity index is 755. The second kappa shape index (κ2) is 11.1. The molecule has 0 bridgehead atoms. The molecule has 0 radical (unpaired) electrons. The molecule has 1 atom stereocenters. The summed E-state index contributed by atoms with van der Waals surface area (Å²) in [5, 5.41) is 2.88. The van der Waals surface area contributed by atoms with Crippen LogP contribution in [0.3, 0.4) is 0 Å². The molecule has 1 N–H and O–H groups in total. The molecule has 150 valence electrons. The minimum absolute atomic E-state index is 0.00706. The van der Waals surface area contributed by atoms with Gasteiger partial charge in [-0.05, 0) is 49.6 Å². The van der Waals surface area contributed by atoms with Crippen molar-refractivity contribution in [3.63, 3.8) is 0 Å². The molecular formula is C23H30N2O3. The lowest BCUT2D eigenvalue weighted by molar-refractivity contribution is -0.122. The summed E-state index contributed by atoms with van der Waals surface area (Å²) >= 11 is 0. The molecule has 2 rings (SSSR count). The molecule has 0 aliphatic carbocycles. The SMILES string of the molecule is CCCN(CCC)C(=O)c1cccc(NC(=O)C(CC)Oc2ccccc2)c1. The van der Waals surface area contributed by atoms with Gasteiger partial charge in [-0.25, -0.2) is 0 Å². The van der Waals surface area contributed by atoms with Crippen LogP contribution in [0.25, 0.3) is 0 Å². The minimum Gasteiger partial charge on any atom is -0.481 e. The maximum atomic E-state index is 12.8. The molecule has 0 aliphatic rings. The summed E-state index contributed by atoms with van der Waals surface area (Å²) in [6.45, 7) is 7.48. The van der Waals surface area contributed by atoms with Crippen LogP contribution < -0.4 is 10.1 Å². The zero-order valence-electron chi connectivity index (χ0n) is 17.0. The molecule has 0 saturated heterocycles. The van der Waals surface area contributed by atoms with Crippen molar-refractivity contribution in [3.8, 4) is 5.75 Å². The number of para-hydroxylation sites is 1. The van der Waals surface area contributed by atoms with Gasteiger partial charge in [-0.1, -0.05) is 45.0 Å². The number of ether oxygens (including phenoxy) is 1. The topological polar surface area (TPSA) is 58.6 Å². The molecule has 2 aromatic carbocycles. The number of nitrogens with one attached hydrogen (secondary N) is 1. The van der Waals surface area contributed by atoms with Gasteiger partial charge in [0.15, 0.2) is 6.10 Å². The number of amides is 2. The maximum Gasteiger partial charge on any atom is 0.265 e. The van der Waals surface area contributed by atoms with Crippen molar-refractivity contribution in [3.05, 3.63) is 60.2 Å². The summed E-state index contributed by atoms with van der Waals surface area (Å²) < 4.78 is 5.79. The van der Waals surface area contributed by atoms with Crippen LogP contribution >= 0.6 is 0 Å². The summed E-state index contributed by atoms with van der Waals surface area (Å²) in [7, 11) is 0. The number of carbonyl (C=O) groups excluding carboxylic acids is 2. The van der Waals surface area contributed by atoms with Gasteiger partial charge >= 0.3 is 0 Å². The summed E-state index contributed by atoms with van der Waals surface area (Å²) in [6, 6.07) is 16.4. The maximum absolute atomic E-state index is 12.8. The Hall–Kier alpha value is -2.82. The summed E-state index contributed by atoms with van der Waals surface area (Å²) in [4.78, 5) is 27.3. The highest BCUT2D eigenvalue weighted by Crippen LogP contribution is 2.17. The lowest BCUT2D eigenvalue weighted by Crippen LogP contribution is -2.33. The van der Waals surface area contributed by atoms with Crippen LogP contribution in [-0.4, -0.2) is 35.9 Å². The molecule has 0 fully saturated rings. The van der Waals surface area contributed by atoms with E-state index in [4.69, 9.17) is 4.74 Å². The van der Waals surface area contributed by atoms with Gasteiger partial charge < -0.3 is 15.0 Å². The van der Waals surface area contributed by atoms with Crippen molar-refractivity contribution in [1.29, 1.82) is 0 Å². The van der Waals surface area contributed by atoms with Crippen LogP contribution in [0.1, 0.15) is 50.4 Å². The molecular weight excluding hydrogens is 352 g/mol. The Morgan fingerprint density at radius 1 is 0.964 bits per heavy atom. The monoisotopic (exact) mass is 382 g/mol. The Kier molecular flexibility index (Phi) is 8.53. The van der Waals surface area contributed by atoms with E-state index < -0.39 is 6.10 Å². The number of anilines is 1. The summed E-state index contributed by atoms with van der Waals surface area (Å²) in [6.07, 6.45) is 1.77. The molecule has 5 heteroatoms. The second-order valence-electron chi connectivity index (χ2n) is 6.69. The van der Waals surface area contributed by atoms with Crippen LogP contribution in [0.15, 0.2) is 54.6 Å². The van der Waals surface area contributed by atoms with Gasteiger partial charge in [-0.15, -0.1) is 0 Å². The minimum atomic E-state index is -0.599. The fraction of sp³-hybridized carbons (Fsp3) is 0.391. The normalized spacial score (nSPS) is 11.5. The molecule has 0 aromatic heterocycles. The molecule has 2 aromatic rings. The first-order valence-electron chi connectivity index (χ1n) is 10.0. The van der Waals surface area contributed by atoms with Gasteiger partial charge in [0.1, 0.15) is 5.75 Å². The lowest BCUT2D eigenvalue weighted by atomic mass is 10.1. The number of rotatable bonds is 10. The van der Waals surface area contributed by atoms with E-state index >= 15 is 0 Å². The van der Waals surface area contributed by atoms with Crippen molar-refractivity contribution >= 4 is 17.5 Å². The molecule has 5 nitrogen and oxygen atoms in total. The first kappa shape index (κ1) is 21.5. The van der Waals surface area contributed by atoms with Gasteiger partial charge in [0, 0.05) is 24.3 Å². The van der Waals surface area contributed by atoms with E-state index in [1.54, 1.807) is 24.3 Å². The summed E-state index contributed by atoms with van der Waals surface area (Å²) in [5.74, 6) is 0.422. The van der Waals surface area contributed by atoms with Gasteiger partial charge in [0.25, 0.3) is 11.8 Å². The fourth-order valence-electron chi connectivity index (χ4n) is 2.98. The average molecular weight is 383 g/mol. The predicted molar refractivity (Wildman–Crippen MR) is 113 cm³/mol. The van der Waals surface area contributed by atoms with Crippen LogP contribution in [0.4, 0.5) is 5.69 Å². The Labute approximate surface area is 167 Å². The smallest absolute Gasteiger partial charge is 0.265 e. The number of hydrogen-bond acceptors (Lipinski definition) is 3. The third kappa shape index (κ3) is 6.12. The van der Waals surface area contributed by atoms with Crippen molar-refractivity contribution in [2.75, 3.05) is 18.4 Å². The molecule has 0 spiro atoms. The highest BCUT2D eigenvalue weighted by molar-refractivity contribution is 5.98.